The van der Waals surface area contributed by atoms with Gasteiger partial charge in [0.15, 0.2) is 0 Å². The Balaban J connectivity index is 2.26. The molecule has 0 bridgehead atoms. The molecule has 2 rings (SSSR count). The standard InChI is InChI=1S/C10H12N4O2S/c1-4-5(2)16-6(3)7(4)8(15)12-10-14-13-9(11)17-10/h1-3H3,(H2,11,13)(H,12,14,15). The maximum atomic E-state index is 12.0. The number of amides is 1. The number of nitrogens with zero attached hydrogens (tertiary/aromatic N) is 2. The Kier molecular flexibility index (Phi) is 2.84. The van der Waals surface area contributed by atoms with E-state index in [0.717, 1.165) is 22.7 Å². The number of nitrogen functional groups attached to an aromatic ring is 1. The largest absolute Gasteiger partial charge is 0.466 e. The minimum absolute atomic E-state index is 0.256. The minimum atomic E-state index is -0.256. The number of aryl methyl sites for hydroxylation is 2. The lowest BCUT2D eigenvalue weighted by molar-refractivity contribution is 0.102. The molecule has 2 aromatic heterocycles. The lowest BCUT2D eigenvalue weighted by atomic mass is 10.1. The van der Waals surface area contributed by atoms with Crippen LogP contribution >= 0.6 is 11.3 Å². The molecule has 0 aromatic carbocycles. The van der Waals surface area contributed by atoms with E-state index in [9.17, 15) is 4.79 Å². The number of nitrogens with two attached hydrogens (primary N) is 1. The van der Waals surface area contributed by atoms with E-state index < -0.39 is 0 Å². The average molecular weight is 252 g/mol. The summed E-state index contributed by atoms with van der Waals surface area (Å²) in [5.41, 5.74) is 6.80. The molecule has 2 aromatic rings. The molecule has 0 fully saturated rings. The fraction of sp³-hybridized carbons (Fsp3) is 0.300. The van der Waals surface area contributed by atoms with Crippen molar-refractivity contribution in [2.45, 2.75) is 20.8 Å². The number of carbonyl (C=O) groups is 1. The van der Waals surface area contributed by atoms with Gasteiger partial charge >= 0.3 is 0 Å². The summed E-state index contributed by atoms with van der Waals surface area (Å²) in [5.74, 6) is 1.08. The molecule has 0 spiro atoms. The number of anilines is 2. The van der Waals surface area contributed by atoms with Gasteiger partial charge in [0.2, 0.25) is 10.3 Å². The van der Waals surface area contributed by atoms with Crippen LogP contribution in [-0.4, -0.2) is 16.1 Å². The van der Waals surface area contributed by atoms with Crippen LogP contribution in [0.2, 0.25) is 0 Å². The number of nitrogens with one attached hydrogen (secondary N) is 1. The smallest absolute Gasteiger partial charge is 0.261 e. The zero-order valence-corrected chi connectivity index (χ0v) is 10.5. The summed E-state index contributed by atoms with van der Waals surface area (Å²) in [6.45, 7) is 5.42. The van der Waals surface area contributed by atoms with Crippen molar-refractivity contribution in [2.24, 2.45) is 0 Å². The Morgan fingerprint density at radius 3 is 2.47 bits per heavy atom. The van der Waals surface area contributed by atoms with Crippen LogP contribution in [0.15, 0.2) is 4.42 Å². The van der Waals surface area contributed by atoms with Crippen LogP contribution in [0.25, 0.3) is 0 Å². The van der Waals surface area contributed by atoms with Crippen molar-refractivity contribution < 1.29 is 9.21 Å². The second kappa shape index (κ2) is 4.17. The normalized spacial score (nSPS) is 10.5. The van der Waals surface area contributed by atoms with Gasteiger partial charge in [0.25, 0.3) is 5.91 Å². The average Bonchev–Trinajstić information content (AvgIpc) is 2.73. The van der Waals surface area contributed by atoms with E-state index in [2.05, 4.69) is 15.5 Å². The van der Waals surface area contributed by atoms with Crippen LogP contribution in [0.3, 0.4) is 0 Å². The third kappa shape index (κ3) is 2.14. The fourth-order valence-electron chi connectivity index (χ4n) is 1.57. The first kappa shape index (κ1) is 11.6. The molecule has 0 saturated heterocycles. The first-order valence-corrected chi connectivity index (χ1v) is 5.77. The highest BCUT2D eigenvalue weighted by atomic mass is 32.1. The molecule has 3 N–H and O–H groups in total. The maximum Gasteiger partial charge on any atom is 0.261 e. The molecule has 0 unspecified atom stereocenters. The highest BCUT2D eigenvalue weighted by Crippen LogP contribution is 2.23. The molecule has 17 heavy (non-hydrogen) atoms. The fourth-order valence-corrected chi connectivity index (χ4v) is 2.08. The number of aromatic nitrogens is 2. The predicted molar refractivity (Wildman–Crippen MR) is 65.2 cm³/mol. The highest BCUT2D eigenvalue weighted by Gasteiger charge is 2.19. The maximum absolute atomic E-state index is 12.0. The van der Waals surface area contributed by atoms with Crippen LogP contribution in [0.5, 0.6) is 0 Å². The van der Waals surface area contributed by atoms with Gasteiger partial charge in [0.05, 0.1) is 5.56 Å². The monoisotopic (exact) mass is 252 g/mol. The summed E-state index contributed by atoms with van der Waals surface area (Å²) in [6.07, 6.45) is 0. The third-order valence-electron chi connectivity index (χ3n) is 2.45. The van der Waals surface area contributed by atoms with E-state index >= 15 is 0 Å². The lowest BCUT2D eigenvalue weighted by Crippen LogP contribution is -2.13. The van der Waals surface area contributed by atoms with Crippen molar-refractivity contribution in [2.75, 3.05) is 11.1 Å². The quantitative estimate of drug-likeness (QED) is 0.851. The van der Waals surface area contributed by atoms with E-state index in [1.807, 2.05) is 13.8 Å². The van der Waals surface area contributed by atoms with Crippen molar-refractivity contribution in [1.82, 2.24) is 10.2 Å². The van der Waals surface area contributed by atoms with E-state index in [0.29, 0.717) is 21.6 Å². The van der Waals surface area contributed by atoms with Gasteiger partial charge in [-0.2, -0.15) is 0 Å². The number of rotatable bonds is 2. The van der Waals surface area contributed by atoms with Crippen molar-refractivity contribution in [3.05, 3.63) is 22.6 Å². The topological polar surface area (TPSA) is 94.0 Å². The predicted octanol–water partition coefficient (Wildman–Crippen LogP) is 1.89. The summed E-state index contributed by atoms with van der Waals surface area (Å²) < 4.78 is 5.39. The van der Waals surface area contributed by atoms with Crippen molar-refractivity contribution in [3.8, 4) is 0 Å². The summed E-state index contributed by atoms with van der Waals surface area (Å²) in [4.78, 5) is 12.0. The number of hydrogen-bond donors (Lipinski definition) is 2. The van der Waals surface area contributed by atoms with Gasteiger partial charge in [-0.05, 0) is 20.8 Å². The van der Waals surface area contributed by atoms with Crippen LogP contribution < -0.4 is 11.1 Å². The van der Waals surface area contributed by atoms with Gasteiger partial charge in [0.1, 0.15) is 11.5 Å². The molecule has 0 aliphatic rings. The van der Waals surface area contributed by atoms with E-state index in [1.54, 1.807) is 6.92 Å². The van der Waals surface area contributed by atoms with Crippen LogP contribution in [0, 0.1) is 20.8 Å². The van der Waals surface area contributed by atoms with Crippen molar-refractivity contribution in [3.63, 3.8) is 0 Å². The van der Waals surface area contributed by atoms with E-state index in [4.69, 9.17) is 10.2 Å². The Hall–Kier alpha value is -1.89. The summed E-state index contributed by atoms with van der Waals surface area (Å²) in [5, 5.41) is 10.7. The second-order valence-corrected chi connectivity index (χ2v) is 4.62. The molecule has 1 amide bonds. The van der Waals surface area contributed by atoms with Gasteiger partial charge in [-0.1, -0.05) is 11.3 Å². The highest BCUT2D eigenvalue weighted by molar-refractivity contribution is 7.19. The molecule has 0 saturated carbocycles. The van der Waals surface area contributed by atoms with Gasteiger partial charge in [-0.25, -0.2) is 0 Å². The zero-order valence-electron chi connectivity index (χ0n) is 9.70. The molecular formula is C10H12N4O2S. The molecule has 0 aliphatic carbocycles. The molecule has 2 heterocycles. The first-order valence-electron chi connectivity index (χ1n) is 4.96. The van der Waals surface area contributed by atoms with Gasteiger partial charge in [0, 0.05) is 5.56 Å². The molecule has 6 nitrogen and oxygen atoms in total. The summed E-state index contributed by atoms with van der Waals surface area (Å²) >= 11 is 1.12. The van der Waals surface area contributed by atoms with Crippen molar-refractivity contribution >= 4 is 27.5 Å². The zero-order chi connectivity index (χ0) is 12.6. The molecule has 90 valence electrons. The van der Waals surface area contributed by atoms with Crippen LogP contribution in [0.1, 0.15) is 27.4 Å². The van der Waals surface area contributed by atoms with Gasteiger partial charge in [-0.15, -0.1) is 10.2 Å². The third-order valence-corrected chi connectivity index (χ3v) is 3.12. The number of hydrogen-bond acceptors (Lipinski definition) is 6. The number of furan rings is 1. The number of carbonyl (C=O) groups excluding carboxylic acids is 1. The van der Waals surface area contributed by atoms with E-state index in [1.165, 1.54) is 0 Å². The van der Waals surface area contributed by atoms with Gasteiger partial charge in [-0.3, -0.25) is 10.1 Å². The summed E-state index contributed by atoms with van der Waals surface area (Å²) in [6, 6.07) is 0. The van der Waals surface area contributed by atoms with Crippen LogP contribution in [-0.2, 0) is 0 Å². The first-order chi connectivity index (χ1) is 7.99. The van der Waals surface area contributed by atoms with E-state index in [-0.39, 0.29) is 5.91 Å². The van der Waals surface area contributed by atoms with Crippen molar-refractivity contribution in [1.29, 1.82) is 0 Å². The Morgan fingerprint density at radius 1 is 1.29 bits per heavy atom. The molecule has 0 aliphatic heterocycles. The Labute approximate surface area is 102 Å². The molecule has 0 radical (unpaired) electrons. The molecular weight excluding hydrogens is 240 g/mol. The minimum Gasteiger partial charge on any atom is -0.466 e. The van der Waals surface area contributed by atoms with Crippen LogP contribution in [0.4, 0.5) is 10.3 Å². The Bertz CT molecular complexity index is 573. The second-order valence-electron chi connectivity index (χ2n) is 3.61. The summed E-state index contributed by atoms with van der Waals surface area (Å²) in [7, 11) is 0. The van der Waals surface area contributed by atoms with Gasteiger partial charge < -0.3 is 10.2 Å². The molecule has 0 atom stereocenters. The SMILES string of the molecule is Cc1oc(C)c(C(=O)Nc2nnc(N)s2)c1C. The lowest BCUT2D eigenvalue weighted by Gasteiger charge is -2.00. The molecule has 7 heteroatoms. The Morgan fingerprint density at radius 2 is 2.00 bits per heavy atom.